The number of aromatic hydroxyl groups is 1. The third-order valence-corrected chi connectivity index (χ3v) is 3.28. The van der Waals surface area contributed by atoms with E-state index < -0.39 is 17.4 Å². The van der Waals surface area contributed by atoms with Gasteiger partial charge in [-0.3, -0.25) is 4.90 Å². The highest BCUT2D eigenvalue weighted by Gasteiger charge is 2.13. The van der Waals surface area contributed by atoms with E-state index in [0.29, 0.717) is 24.2 Å². The smallest absolute Gasteiger partial charge is 0.187 e. The highest BCUT2D eigenvalue weighted by atomic mass is 19.1. The van der Waals surface area contributed by atoms with Crippen molar-refractivity contribution in [3.8, 4) is 5.75 Å². The SMILES string of the molecule is CC(C)N(CCNCc1cc(F)c(O)c(F)c1)C(C)C. The zero-order valence-electron chi connectivity index (χ0n) is 12.6. The molecular weight excluding hydrogens is 262 g/mol. The molecule has 1 aromatic carbocycles. The van der Waals surface area contributed by atoms with E-state index in [-0.39, 0.29) is 0 Å². The van der Waals surface area contributed by atoms with Crippen molar-refractivity contribution in [3.63, 3.8) is 0 Å². The first kappa shape index (κ1) is 16.9. The van der Waals surface area contributed by atoms with Crippen molar-refractivity contribution in [2.24, 2.45) is 0 Å². The second kappa shape index (κ2) is 7.55. The summed E-state index contributed by atoms with van der Waals surface area (Å²) in [6.07, 6.45) is 0. The van der Waals surface area contributed by atoms with E-state index in [9.17, 15) is 8.78 Å². The van der Waals surface area contributed by atoms with E-state index in [0.717, 1.165) is 25.2 Å². The summed E-state index contributed by atoms with van der Waals surface area (Å²) in [5, 5.41) is 12.2. The van der Waals surface area contributed by atoms with Gasteiger partial charge in [-0.2, -0.15) is 0 Å². The molecule has 5 heteroatoms. The van der Waals surface area contributed by atoms with Gasteiger partial charge in [0.15, 0.2) is 17.4 Å². The summed E-state index contributed by atoms with van der Waals surface area (Å²) in [4.78, 5) is 2.34. The molecule has 0 unspecified atom stereocenters. The summed E-state index contributed by atoms with van der Waals surface area (Å²) in [7, 11) is 0. The lowest BCUT2D eigenvalue weighted by Gasteiger charge is -2.30. The average molecular weight is 286 g/mol. The lowest BCUT2D eigenvalue weighted by Crippen LogP contribution is -2.41. The van der Waals surface area contributed by atoms with Crippen LogP contribution < -0.4 is 5.32 Å². The zero-order valence-corrected chi connectivity index (χ0v) is 12.6. The highest BCUT2D eigenvalue weighted by molar-refractivity contribution is 5.29. The van der Waals surface area contributed by atoms with Crippen molar-refractivity contribution < 1.29 is 13.9 Å². The highest BCUT2D eigenvalue weighted by Crippen LogP contribution is 2.21. The number of rotatable bonds is 7. The summed E-state index contributed by atoms with van der Waals surface area (Å²) in [5.41, 5.74) is 0.485. The predicted octanol–water partition coefficient (Wildman–Crippen LogP) is 2.88. The van der Waals surface area contributed by atoms with Gasteiger partial charge in [-0.1, -0.05) is 0 Å². The van der Waals surface area contributed by atoms with Gasteiger partial charge in [0.05, 0.1) is 0 Å². The Morgan fingerprint density at radius 3 is 2.05 bits per heavy atom. The van der Waals surface area contributed by atoms with Crippen LogP contribution in [0.5, 0.6) is 5.75 Å². The molecular formula is C15H24F2N2O. The molecule has 0 atom stereocenters. The summed E-state index contributed by atoms with van der Waals surface area (Å²) in [6, 6.07) is 3.21. The van der Waals surface area contributed by atoms with E-state index in [1.807, 2.05) is 0 Å². The Morgan fingerprint density at radius 2 is 1.60 bits per heavy atom. The molecule has 0 saturated carbocycles. The monoisotopic (exact) mass is 286 g/mol. The lowest BCUT2D eigenvalue weighted by molar-refractivity contribution is 0.176. The van der Waals surface area contributed by atoms with Gasteiger partial charge in [-0.25, -0.2) is 8.78 Å². The van der Waals surface area contributed by atoms with Gasteiger partial charge in [0.2, 0.25) is 0 Å². The van der Waals surface area contributed by atoms with Gasteiger partial charge in [0.1, 0.15) is 0 Å². The maximum Gasteiger partial charge on any atom is 0.187 e. The first-order valence-electron chi connectivity index (χ1n) is 6.96. The maximum atomic E-state index is 13.2. The van der Waals surface area contributed by atoms with Crippen LogP contribution >= 0.6 is 0 Å². The number of phenols is 1. The van der Waals surface area contributed by atoms with E-state index in [1.165, 1.54) is 0 Å². The molecule has 0 amide bonds. The van der Waals surface area contributed by atoms with Crippen LogP contribution in [0.2, 0.25) is 0 Å². The Labute approximate surface area is 119 Å². The molecule has 0 spiro atoms. The Kier molecular flexibility index (Phi) is 6.36. The number of nitrogens with one attached hydrogen (secondary N) is 1. The molecule has 0 bridgehead atoms. The third kappa shape index (κ3) is 4.72. The van der Waals surface area contributed by atoms with Crippen molar-refractivity contribution in [3.05, 3.63) is 29.3 Å². The summed E-state index contributed by atoms with van der Waals surface area (Å²) < 4.78 is 26.3. The molecule has 0 aliphatic rings. The average Bonchev–Trinajstić information content (AvgIpc) is 2.34. The Hall–Kier alpha value is -1.20. The van der Waals surface area contributed by atoms with Crippen molar-refractivity contribution in [1.82, 2.24) is 10.2 Å². The molecule has 0 heterocycles. The number of benzene rings is 1. The van der Waals surface area contributed by atoms with Crippen LogP contribution in [0, 0.1) is 11.6 Å². The minimum absolute atomic E-state index is 0.373. The Morgan fingerprint density at radius 1 is 1.10 bits per heavy atom. The normalized spacial score (nSPS) is 11.8. The van der Waals surface area contributed by atoms with Crippen LogP contribution in [0.1, 0.15) is 33.3 Å². The lowest BCUT2D eigenvalue weighted by atomic mass is 10.2. The van der Waals surface area contributed by atoms with Crippen molar-refractivity contribution in [2.45, 2.75) is 46.3 Å². The fourth-order valence-electron chi connectivity index (χ4n) is 2.27. The molecule has 0 aliphatic heterocycles. The number of nitrogens with zero attached hydrogens (tertiary/aromatic N) is 1. The van der Waals surface area contributed by atoms with Crippen LogP contribution in [0.4, 0.5) is 8.78 Å². The quantitative estimate of drug-likeness (QED) is 0.757. The molecule has 0 aromatic heterocycles. The van der Waals surface area contributed by atoms with E-state index in [4.69, 9.17) is 5.11 Å². The number of phenolic OH excluding ortho intramolecular Hbond substituents is 1. The molecule has 20 heavy (non-hydrogen) atoms. The molecule has 0 saturated heterocycles. The zero-order chi connectivity index (χ0) is 15.3. The van der Waals surface area contributed by atoms with Gasteiger partial charge < -0.3 is 10.4 Å². The molecule has 114 valence electrons. The van der Waals surface area contributed by atoms with E-state index >= 15 is 0 Å². The maximum absolute atomic E-state index is 13.2. The van der Waals surface area contributed by atoms with Gasteiger partial charge in [-0.05, 0) is 45.4 Å². The van der Waals surface area contributed by atoms with Gasteiger partial charge in [-0.15, -0.1) is 0 Å². The van der Waals surface area contributed by atoms with Crippen LogP contribution in [0.25, 0.3) is 0 Å². The van der Waals surface area contributed by atoms with Crippen LogP contribution in [-0.2, 0) is 6.54 Å². The third-order valence-electron chi connectivity index (χ3n) is 3.28. The topological polar surface area (TPSA) is 35.5 Å². The molecule has 0 fully saturated rings. The van der Waals surface area contributed by atoms with Gasteiger partial charge in [0, 0.05) is 31.7 Å². The van der Waals surface area contributed by atoms with Crippen LogP contribution in [0.15, 0.2) is 12.1 Å². The minimum atomic E-state index is -0.923. The molecule has 1 aromatic rings. The van der Waals surface area contributed by atoms with Crippen LogP contribution in [0.3, 0.4) is 0 Å². The first-order valence-corrected chi connectivity index (χ1v) is 6.96. The fourth-order valence-corrected chi connectivity index (χ4v) is 2.27. The molecule has 3 nitrogen and oxygen atoms in total. The Balaban J connectivity index is 2.45. The van der Waals surface area contributed by atoms with Gasteiger partial charge >= 0.3 is 0 Å². The summed E-state index contributed by atoms with van der Waals surface area (Å²) in [6.45, 7) is 10.6. The predicted molar refractivity (Wildman–Crippen MR) is 76.7 cm³/mol. The second-order valence-electron chi connectivity index (χ2n) is 5.51. The number of halogens is 2. The summed E-state index contributed by atoms with van der Waals surface area (Å²) >= 11 is 0. The molecule has 1 rings (SSSR count). The standard InChI is InChI=1S/C15H24F2N2O/c1-10(2)19(11(3)4)6-5-18-9-12-7-13(16)15(20)14(17)8-12/h7-8,10-11,18,20H,5-6,9H2,1-4H3. The largest absolute Gasteiger partial charge is 0.503 e. The van der Waals surface area contributed by atoms with E-state index in [2.05, 4.69) is 37.9 Å². The number of hydrogen-bond acceptors (Lipinski definition) is 3. The fraction of sp³-hybridized carbons (Fsp3) is 0.600. The summed E-state index contributed by atoms with van der Waals surface area (Å²) in [5.74, 6) is -2.76. The van der Waals surface area contributed by atoms with Crippen LogP contribution in [-0.4, -0.2) is 35.2 Å². The van der Waals surface area contributed by atoms with Crippen molar-refractivity contribution in [2.75, 3.05) is 13.1 Å². The first-order chi connectivity index (χ1) is 9.32. The molecule has 2 N–H and O–H groups in total. The van der Waals surface area contributed by atoms with Crippen molar-refractivity contribution >= 4 is 0 Å². The van der Waals surface area contributed by atoms with Gasteiger partial charge in [0.25, 0.3) is 0 Å². The number of hydrogen-bond donors (Lipinski definition) is 2. The van der Waals surface area contributed by atoms with E-state index in [1.54, 1.807) is 0 Å². The molecule has 0 radical (unpaired) electrons. The second-order valence-corrected chi connectivity index (χ2v) is 5.51. The van der Waals surface area contributed by atoms with Crippen molar-refractivity contribution in [1.29, 1.82) is 0 Å². The minimum Gasteiger partial charge on any atom is -0.503 e. The Bertz CT molecular complexity index is 405. The molecule has 0 aliphatic carbocycles.